The number of carbonyl (C=O) groups is 1. The van der Waals surface area contributed by atoms with Gasteiger partial charge < -0.3 is 5.32 Å². The van der Waals surface area contributed by atoms with Crippen LogP contribution in [0.15, 0.2) is 60.9 Å². The van der Waals surface area contributed by atoms with Gasteiger partial charge in [-0.15, -0.1) is 0 Å². The molecule has 2 heterocycles. The number of alkyl halides is 3. The minimum atomic E-state index is -4.43. The van der Waals surface area contributed by atoms with E-state index in [4.69, 9.17) is 0 Å². The number of carbonyl (C=O) groups excluding carboxylic acids is 1. The second-order valence-corrected chi connectivity index (χ2v) is 8.21. The van der Waals surface area contributed by atoms with Crippen LogP contribution in [0.1, 0.15) is 38.4 Å². The van der Waals surface area contributed by atoms with Gasteiger partial charge in [0.15, 0.2) is 0 Å². The minimum absolute atomic E-state index is 0.0361. The first kappa shape index (κ1) is 24.6. The Hall–Kier alpha value is -4.48. The summed E-state index contributed by atoms with van der Waals surface area (Å²) in [5.74, 6) is -0.408. The zero-order valence-corrected chi connectivity index (χ0v) is 19.3. The Balaban J connectivity index is 1.44. The largest absolute Gasteiger partial charge is 0.416 e. The van der Waals surface area contributed by atoms with E-state index >= 15 is 0 Å². The molecule has 186 valence electrons. The number of benzene rings is 2. The number of aryl methyl sites for hydroxylation is 1. The number of hydrogen-bond acceptors (Lipinski definition) is 5. The quantitative estimate of drug-likeness (QED) is 0.286. The second kappa shape index (κ2) is 9.64. The van der Waals surface area contributed by atoms with E-state index in [1.165, 1.54) is 27.8 Å². The molecule has 0 spiro atoms. The van der Waals surface area contributed by atoms with E-state index in [-0.39, 0.29) is 18.8 Å². The standard InChI is InChI=1S/C24H21F3N6O3/c1-15-22(33(35)36)16(2)32(30-15)13-17-5-3-7-19(9-17)23(34)29-21-11-28-31(14-21)12-18-6-4-8-20(10-18)24(25,26)27/h3-11,14H,12-13H2,1-2H3,(H,29,34). The van der Waals surface area contributed by atoms with Crippen molar-refractivity contribution in [1.29, 1.82) is 0 Å². The number of anilines is 1. The molecule has 0 aliphatic carbocycles. The maximum absolute atomic E-state index is 12.9. The van der Waals surface area contributed by atoms with E-state index in [1.54, 1.807) is 44.2 Å². The summed E-state index contributed by atoms with van der Waals surface area (Å²) in [7, 11) is 0. The van der Waals surface area contributed by atoms with Crippen molar-refractivity contribution in [2.45, 2.75) is 33.1 Å². The summed E-state index contributed by atoms with van der Waals surface area (Å²) in [6.45, 7) is 3.53. The SMILES string of the molecule is Cc1nn(Cc2cccc(C(=O)Nc3cnn(Cc4cccc(C(F)(F)F)c4)c3)c2)c(C)c1[N+](=O)[O-]. The molecule has 0 aliphatic rings. The highest BCUT2D eigenvalue weighted by atomic mass is 19.4. The average Bonchev–Trinajstić information content (AvgIpc) is 3.36. The molecule has 1 N–H and O–H groups in total. The molecule has 0 saturated carbocycles. The molecule has 2 aromatic carbocycles. The van der Waals surface area contributed by atoms with Crippen LogP contribution in [-0.4, -0.2) is 30.4 Å². The Kier molecular flexibility index (Phi) is 6.60. The molecule has 4 rings (SSSR count). The van der Waals surface area contributed by atoms with Gasteiger partial charge in [0.25, 0.3) is 5.91 Å². The number of amides is 1. The van der Waals surface area contributed by atoms with Crippen LogP contribution in [0.5, 0.6) is 0 Å². The highest BCUT2D eigenvalue weighted by Gasteiger charge is 2.30. The predicted octanol–water partition coefficient (Wildman–Crippen LogP) is 4.97. The third kappa shape index (κ3) is 5.43. The number of nitro groups is 1. The lowest BCUT2D eigenvalue weighted by atomic mass is 10.1. The molecular weight excluding hydrogens is 477 g/mol. The Labute approximate surface area is 203 Å². The normalized spacial score (nSPS) is 11.5. The molecule has 0 atom stereocenters. The Bertz CT molecular complexity index is 1440. The number of nitrogens with zero attached hydrogens (tertiary/aromatic N) is 5. The molecule has 0 aliphatic heterocycles. The lowest BCUT2D eigenvalue weighted by Crippen LogP contribution is -2.12. The fourth-order valence-electron chi connectivity index (χ4n) is 3.84. The van der Waals surface area contributed by atoms with Gasteiger partial charge in [0.2, 0.25) is 0 Å². The monoisotopic (exact) mass is 498 g/mol. The highest BCUT2D eigenvalue weighted by Crippen LogP contribution is 2.29. The van der Waals surface area contributed by atoms with Gasteiger partial charge >= 0.3 is 11.9 Å². The number of halogens is 3. The van der Waals surface area contributed by atoms with Gasteiger partial charge in [-0.25, -0.2) is 0 Å². The summed E-state index contributed by atoms with van der Waals surface area (Å²) in [4.78, 5) is 23.5. The molecule has 4 aromatic rings. The van der Waals surface area contributed by atoms with Crippen molar-refractivity contribution in [3.05, 3.63) is 105 Å². The summed E-state index contributed by atoms with van der Waals surface area (Å²) in [5.41, 5.74) is 1.84. The van der Waals surface area contributed by atoms with Gasteiger partial charge in [-0.05, 0) is 49.2 Å². The van der Waals surface area contributed by atoms with Crippen LogP contribution in [-0.2, 0) is 19.3 Å². The number of aromatic nitrogens is 4. The first-order valence-electron chi connectivity index (χ1n) is 10.8. The Morgan fingerprint density at radius 1 is 1.08 bits per heavy atom. The van der Waals surface area contributed by atoms with Crippen LogP contribution in [0.2, 0.25) is 0 Å². The second-order valence-electron chi connectivity index (χ2n) is 8.21. The van der Waals surface area contributed by atoms with Crippen LogP contribution < -0.4 is 5.32 Å². The van der Waals surface area contributed by atoms with Crippen LogP contribution in [0.3, 0.4) is 0 Å². The Morgan fingerprint density at radius 3 is 2.44 bits per heavy atom. The number of hydrogen-bond donors (Lipinski definition) is 1. The molecule has 0 bridgehead atoms. The van der Waals surface area contributed by atoms with Crippen molar-refractivity contribution in [1.82, 2.24) is 19.6 Å². The number of rotatable bonds is 7. The molecule has 9 nitrogen and oxygen atoms in total. The summed E-state index contributed by atoms with van der Waals surface area (Å²) >= 11 is 0. The predicted molar refractivity (Wildman–Crippen MR) is 125 cm³/mol. The molecule has 0 fully saturated rings. The van der Waals surface area contributed by atoms with Crippen molar-refractivity contribution in [3.63, 3.8) is 0 Å². The Morgan fingerprint density at radius 2 is 1.78 bits per heavy atom. The first-order valence-corrected chi connectivity index (χ1v) is 10.8. The number of nitrogens with one attached hydrogen (secondary N) is 1. The van der Waals surface area contributed by atoms with Gasteiger partial charge in [-0.1, -0.05) is 24.3 Å². The molecule has 36 heavy (non-hydrogen) atoms. The molecule has 12 heteroatoms. The molecule has 0 unspecified atom stereocenters. The van der Waals surface area contributed by atoms with Crippen molar-refractivity contribution in [2.24, 2.45) is 0 Å². The van der Waals surface area contributed by atoms with Crippen LogP contribution >= 0.6 is 0 Å². The zero-order valence-electron chi connectivity index (χ0n) is 19.3. The van der Waals surface area contributed by atoms with Crippen LogP contribution in [0.25, 0.3) is 0 Å². The average molecular weight is 498 g/mol. The van der Waals surface area contributed by atoms with Gasteiger partial charge in [-0.2, -0.15) is 23.4 Å². The third-order valence-corrected chi connectivity index (χ3v) is 5.54. The summed E-state index contributed by atoms with van der Waals surface area (Å²) < 4.78 is 41.7. The van der Waals surface area contributed by atoms with E-state index in [0.717, 1.165) is 17.7 Å². The van der Waals surface area contributed by atoms with Crippen LogP contribution in [0.4, 0.5) is 24.5 Å². The lowest BCUT2D eigenvalue weighted by Gasteiger charge is -2.09. The van der Waals surface area contributed by atoms with Crippen molar-refractivity contribution < 1.29 is 22.9 Å². The molecule has 0 saturated heterocycles. The maximum atomic E-state index is 12.9. The third-order valence-electron chi connectivity index (χ3n) is 5.54. The van der Waals surface area contributed by atoms with Crippen molar-refractivity contribution >= 4 is 17.3 Å². The molecular formula is C24H21F3N6O3. The van der Waals surface area contributed by atoms with E-state index in [0.29, 0.717) is 28.2 Å². The van der Waals surface area contributed by atoms with Crippen molar-refractivity contribution in [2.75, 3.05) is 5.32 Å². The van der Waals surface area contributed by atoms with E-state index in [9.17, 15) is 28.1 Å². The van der Waals surface area contributed by atoms with E-state index in [1.807, 2.05) is 0 Å². The lowest BCUT2D eigenvalue weighted by molar-refractivity contribution is -0.386. The minimum Gasteiger partial charge on any atom is -0.319 e. The van der Waals surface area contributed by atoms with Gasteiger partial charge in [0.1, 0.15) is 11.4 Å². The molecule has 1 amide bonds. The summed E-state index contributed by atoms with van der Waals surface area (Å²) in [6, 6.07) is 11.7. The topological polar surface area (TPSA) is 108 Å². The van der Waals surface area contributed by atoms with Gasteiger partial charge in [0, 0.05) is 11.8 Å². The summed E-state index contributed by atoms with van der Waals surface area (Å²) in [5, 5.41) is 22.3. The fraction of sp³-hybridized carbons (Fsp3) is 0.208. The molecule has 2 aromatic heterocycles. The zero-order chi connectivity index (χ0) is 26.0. The van der Waals surface area contributed by atoms with E-state index in [2.05, 4.69) is 15.5 Å². The highest BCUT2D eigenvalue weighted by molar-refractivity contribution is 6.04. The first-order chi connectivity index (χ1) is 17.0. The fourth-order valence-corrected chi connectivity index (χ4v) is 3.84. The van der Waals surface area contributed by atoms with Crippen molar-refractivity contribution in [3.8, 4) is 0 Å². The summed E-state index contributed by atoms with van der Waals surface area (Å²) in [6.07, 6.45) is -1.50. The molecule has 0 radical (unpaired) electrons. The maximum Gasteiger partial charge on any atom is 0.416 e. The van der Waals surface area contributed by atoms with Crippen LogP contribution in [0, 0.1) is 24.0 Å². The van der Waals surface area contributed by atoms with Gasteiger partial charge in [-0.3, -0.25) is 24.3 Å². The van der Waals surface area contributed by atoms with E-state index < -0.39 is 22.6 Å². The smallest absolute Gasteiger partial charge is 0.319 e. The van der Waals surface area contributed by atoms with Gasteiger partial charge in [0.05, 0.1) is 35.5 Å².